The molecule has 2 aromatic rings. The molecule has 0 aromatic heterocycles. The number of Topliss-reactive ketones (excluding diaryl/α,β-unsaturated/α-hetero) is 1. The van der Waals surface area contributed by atoms with Gasteiger partial charge in [-0.25, -0.2) is 0 Å². The molecule has 0 radical (unpaired) electrons. The normalized spacial score (nSPS) is 17.8. The lowest BCUT2D eigenvalue weighted by molar-refractivity contribution is -0.139. The van der Waals surface area contributed by atoms with Crippen LogP contribution in [-0.2, 0) is 9.59 Å². The number of unbranched alkanes of at least 4 members (excludes halogenated alkanes) is 1. The largest absolute Gasteiger partial charge is 0.507 e. The average Bonchev–Trinajstić information content (AvgIpc) is 3.02. The van der Waals surface area contributed by atoms with Gasteiger partial charge in [0.25, 0.3) is 11.7 Å². The third-order valence-corrected chi connectivity index (χ3v) is 5.58. The summed E-state index contributed by atoms with van der Waals surface area (Å²) in [6, 6.07) is 11.3. The van der Waals surface area contributed by atoms with Crippen molar-refractivity contribution in [2.45, 2.75) is 45.8 Å². The molecule has 1 aliphatic heterocycles. The summed E-state index contributed by atoms with van der Waals surface area (Å²) in [6.07, 6.45) is 1.63. The van der Waals surface area contributed by atoms with E-state index < -0.39 is 17.7 Å². The van der Waals surface area contributed by atoms with Crippen LogP contribution in [0.15, 0.2) is 48.0 Å². The van der Waals surface area contributed by atoms with Crippen molar-refractivity contribution in [3.8, 4) is 11.5 Å². The van der Waals surface area contributed by atoms with Crippen molar-refractivity contribution >= 4 is 29.1 Å². The number of hydrogen-bond acceptors (Lipinski definition) is 5. The molecule has 1 saturated heterocycles. The summed E-state index contributed by atoms with van der Waals surface area (Å²) in [5.41, 5.74) is 1.11. The Labute approximate surface area is 193 Å². The number of halogens is 1. The molecule has 0 aliphatic carbocycles. The molecule has 1 amide bonds. The molecule has 1 heterocycles. The molecule has 1 aliphatic rings. The number of ketones is 1. The van der Waals surface area contributed by atoms with E-state index in [0.29, 0.717) is 28.6 Å². The van der Waals surface area contributed by atoms with Crippen LogP contribution < -0.4 is 9.47 Å². The number of ether oxygens (including phenoxy) is 2. The lowest BCUT2D eigenvalue weighted by Gasteiger charge is -2.25. The number of aliphatic hydroxyl groups excluding tert-OH is 1. The minimum Gasteiger partial charge on any atom is -0.507 e. The number of hydrogen-bond donors (Lipinski definition) is 1. The summed E-state index contributed by atoms with van der Waals surface area (Å²) in [7, 11) is 1.49. The predicted molar refractivity (Wildman–Crippen MR) is 124 cm³/mol. The molecule has 1 fully saturated rings. The molecule has 0 spiro atoms. The molecule has 6 nitrogen and oxygen atoms in total. The van der Waals surface area contributed by atoms with Crippen LogP contribution in [0.2, 0.25) is 5.02 Å². The second-order valence-corrected chi connectivity index (χ2v) is 8.34. The molecule has 3 rings (SSSR count). The van der Waals surface area contributed by atoms with Gasteiger partial charge < -0.3 is 19.5 Å². The highest BCUT2D eigenvalue weighted by Crippen LogP contribution is 2.40. The number of carbonyl (C=O) groups excluding carboxylic acids is 2. The minimum atomic E-state index is -0.710. The predicted octanol–water partition coefficient (Wildman–Crippen LogP) is 5.36. The van der Waals surface area contributed by atoms with Gasteiger partial charge in [0.2, 0.25) is 0 Å². The summed E-state index contributed by atoms with van der Waals surface area (Å²) in [5, 5.41) is 11.4. The van der Waals surface area contributed by atoms with Gasteiger partial charge in [0.15, 0.2) is 0 Å². The molecule has 7 heteroatoms. The molecule has 1 unspecified atom stereocenters. The van der Waals surface area contributed by atoms with E-state index in [1.165, 1.54) is 18.1 Å². The molecule has 0 bridgehead atoms. The van der Waals surface area contributed by atoms with E-state index in [4.69, 9.17) is 21.1 Å². The van der Waals surface area contributed by atoms with Gasteiger partial charge in [-0.15, -0.1) is 0 Å². The molecule has 1 atom stereocenters. The Morgan fingerprint density at radius 1 is 1.16 bits per heavy atom. The van der Waals surface area contributed by atoms with Crippen molar-refractivity contribution in [3.05, 3.63) is 64.2 Å². The molecular formula is C25H28ClNO5. The van der Waals surface area contributed by atoms with E-state index in [2.05, 4.69) is 0 Å². The number of likely N-dealkylation sites (tertiary alicyclic amines) is 1. The second kappa shape index (κ2) is 10.1. The third kappa shape index (κ3) is 4.75. The van der Waals surface area contributed by atoms with Gasteiger partial charge in [-0.2, -0.15) is 0 Å². The Kier molecular flexibility index (Phi) is 7.46. The lowest BCUT2D eigenvalue weighted by Crippen LogP contribution is -2.30. The zero-order valence-electron chi connectivity index (χ0n) is 18.7. The molecule has 2 aromatic carbocycles. The Hall–Kier alpha value is -2.99. The summed E-state index contributed by atoms with van der Waals surface area (Å²) < 4.78 is 10.9. The highest BCUT2D eigenvalue weighted by atomic mass is 35.5. The Morgan fingerprint density at radius 2 is 1.84 bits per heavy atom. The van der Waals surface area contributed by atoms with Crippen molar-refractivity contribution in [2.75, 3.05) is 13.7 Å². The maximum atomic E-state index is 13.0. The number of benzene rings is 2. The maximum absolute atomic E-state index is 13.0. The lowest BCUT2D eigenvalue weighted by atomic mass is 9.95. The van der Waals surface area contributed by atoms with Crippen LogP contribution in [0, 0.1) is 0 Å². The summed E-state index contributed by atoms with van der Waals surface area (Å²) in [5.74, 6) is -0.454. The van der Waals surface area contributed by atoms with Gasteiger partial charge >= 0.3 is 0 Å². The highest BCUT2D eigenvalue weighted by molar-refractivity contribution is 6.46. The minimum absolute atomic E-state index is 0.0239. The second-order valence-electron chi connectivity index (χ2n) is 7.93. The first kappa shape index (κ1) is 23.7. The van der Waals surface area contributed by atoms with Gasteiger partial charge in [0.05, 0.1) is 29.9 Å². The number of amides is 1. The van der Waals surface area contributed by atoms with E-state index in [0.717, 1.165) is 18.4 Å². The fourth-order valence-electron chi connectivity index (χ4n) is 3.76. The van der Waals surface area contributed by atoms with Crippen molar-refractivity contribution in [3.63, 3.8) is 0 Å². The number of methoxy groups -OCH3 is 1. The topological polar surface area (TPSA) is 76.1 Å². The maximum Gasteiger partial charge on any atom is 0.295 e. The van der Waals surface area contributed by atoms with Gasteiger partial charge in [0.1, 0.15) is 17.3 Å². The zero-order chi connectivity index (χ0) is 23.4. The van der Waals surface area contributed by atoms with Gasteiger partial charge in [-0.3, -0.25) is 9.59 Å². The average molecular weight is 458 g/mol. The van der Waals surface area contributed by atoms with Crippen LogP contribution in [0.3, 0.4) is 0 Å². The molecule has 32 heavy (non-hydrogen) atoms. The van der Waals surface area contributed by atoms with Crippen molar-refractivity contribution < 1.29 is 24.2 Å². The third-order valence-electron chi connectivity index (χ3n) is 5.29. The molecule has 1 N–H and O–H groups in total. The molecule has 170 valence electrons. The monoisotopic (exact) mass is 457 g/mol. The van der Waals surface area contributed by atoms with Gasteiger partial charge in [0, 0.05) is 12.1 Å². The Bertz CT molecular complexity index is 1030. The van der Waals surface area contributed by atoms with Crippen molar-refractivity contribution in [2.24, 2.45) is 0 Å². The van der Waals surface area contributed by atoms with Crippen molar-refractivity contribution in [1.29, 1.82) is 0 Å². The van der Waals surface area contributed by atoms with Crippen molar-refractivity contribution in [1.82, 2.24) is 4.90 Å². The van der Waals surface area contributed by atoms with E-state index in [-0.39, 0.29) is 17.4 Å². The van der Waals surface area contributed by atoms with Gasteiger partial charge in [-0.1, -0.05) is 37.1 Å². The Balaban J connectivity index is 2.11. The number of rotatable bonds is 8. The van der Waals surface area contributed by atoms with E-state index in [9.17, 15) is 14.7 Å². The van der Waals surface area contributed by atoms with Crippen LogP contribution in [0.25, 0.3) is 5.76 Å². The van der Waals surface area contributed by atoms with E-state index in [1.807, 2.05) is 32.9 Å². The number of nitrogens with zero attached hydrogens (tertiary/aromatic N) is 1. The molecule has 0 saturated carbocycles. The summed E-state index contributed by atoms with van der Waals surface area (Å²) in [6.45, 7) is 6.31. The quantitative estimate of drug-likeness (QED) is 0.328. The van der Waals surface area contributed by atoms with E-state index >= 15 is 0 Å². The first-order valence-electron chi connectivity index (χ1n) is 10.7. The van der Waals surface area contributed by atoms with Crippen LogP contribution >= 0.6 is 11.6 Å². The van der Waals surface area contributed by atoms with E-state index in [1.54, 1.807) is 24.3 Å². The zero-order valence-corrected chi connectivity index (χ0v) is 19.5. The highest BCUT2D eigenvalue weighted by Gasteiger charge is 2.45. The standard InChI is InChI=1S/C25H28ClNO5/c1-5-6-13-27-22(16-7-10-18(11-8-16)32-15(2)3)21(24(29)25(27)30)23(28)17-9-12-20(31-4)19(26)14-17/h7-12,14-15,22,28H,5-6,13H2,1-4H3/b23-21-. The Morgan fingerprint density at radius 3 is 2.41 bits per heavy atom. The number of carbonyl (C=O) groups is 2. The van der Waals surface area contributed by atoms with Crippen LogP contribution in [0.1, 0.15) is 50.8 Å². The van der Waals surface area contributed by atoms with Crippen LogP contribution in [0.4, 0.5) is 0 Å². The summed E-state index contributed by atoms with van der Waals surface area (Å²) in [4.78, 5) is 27.4. The van der Waals surface area contributed by atoms with Crippen LogP contribution in [-0.4, -0.2) is 41.5 Å². The first-order chi connectivity index (χ1) is 15.3. The SMILES string of the molecule is CCCCN1C(=O)C(=O)/C(=C(\O)c2ccc(OC)c(Cl)c2)C1c1ccc(OC(C)C)cc1. The van der Waals surface area contributed by atoms with Gasteiger partial charge in [-0.05, 0) is 56.2 Å². The molecular weight excluding hydrogens is 430 g/mol. The summed E-state index contributed by atoms with van der Waals surface area (Å²) >= 11 is 6.22. The smallest absolute Gasteiger partial charge is 0.295 e. The first-order valence-corrected chi connectivity index (χ1v) is 11.0. The van der Waals surface area contributed by atoms with Crippen LogP contribution in [0.5, 0.6) is 11.5 Å². The number of aliphatic hydroxyl groups is 1. The fourth-order valence-corrected chi connectivity index (χ4v) is 4.01. The fraction of sp³-hybridized carbons (Fsp3) is 0.360.